The van der Waals surface area contributed by atoms with E-state index < -0.39 is 23.5 Å². The summed E-state index contributed by atoms with van der Waals surface area (Å²) in [5.41, 5.74) is 1.06. The molecule has 4 rings (SSSR count). The van der Waals surface area contributed by atoms with Crippen molar-refractivity contribution in [3.63, 3.8) is 0 Å². The molecule has 197 valence electrons. The van der Waals surface area contributed by atoms with E-state index in [1.165, 1.54) is 13.1 Å². The first kappa shape index (κ1) is 26.5. The largest absolute Gasteiger partial charge is 0.421 e. The fourth-order valence-corrected chi connectivity index (χ4v) is 3.45. The fraction of sp³-hybridized carbons (Fsp3) is 0.200. The standard InChI is InChI=1S/C25H24F3N8O2/c1-15-4-6-17(7-5-15)32-24-30-13-18(25(26,27)28)22(35-24)34-20-9-8-19(33-21(20)23(38)29-2)16-12-31-36(14-16)10-3-11-37/h4-9,12-14,37H,1,3,10-11H2,2H3,(H,29,38)(H2,30,32,34,35). The molecule has 0 aliphatic heterocycles. The summed E-state index contributed by atoms with van der Waals surface area (Å²) in [4.78, 5) is 24.8. The third kappa shape index (κ3) is 6.24. The van der Waals surface area contributed by atoms with Crippen LogP contribution in [0.25, 0.3) is 11.3 Å². The molecular formula is C25H24F3N8O2. The molecule has 4 N–H and O–H groups in total. The van der Waals surface area contributed by atoms with Gasteiger partial charge in [-0.25, -0.2) is 9.97 Å². The number of halogens is 3. The van der Waals surface area contributed by atoms with Gasteiger partial charge in [-0.15, -0.1) is 0 Å². The molecule has 38 heavy (non-hydrogen) atoms. The number of rotatable bonds is 9. The molecule has 4 aromatic rings. The maximum absolute atomic E-state index is 13.8. The molecule has 0 fully saturated rings. The van der Waals surface area contributed by atoms with E-state index in [0.29, 0.717) is 36.1 Å². The van der Waals surface area contributed by atoms with Crippen molar-refractivity contribution >= 4 is 29.0 Å². The van der Waals surface area contributed by atoms with Crippen LogP contribution in [0.5, 0.6) is 0 Å². The van der Waals surface area contributed by atoms with Crippen LogP contribution in [0.2, 0.25) is 0 Å². The number of pyridine rings is 1. The minimum atomic E-state index is -4.76. The average Bonchev–Trinajstić information content (AvgIpc) is 3.37. The minimum absolute atomic E-state index is 0.0112. The lowest BCUT2D eigenvalue weighted by molar-refractivity contribution is -0.137. The first-order valence-electron chi connectivity index (χ1n) is 11.4. The lowest BCUT2D eigenvalue weighted by Gasteiger charge is -2.16. The van der Waals surface area contributed by atoms with Gasteiger partial charge in [-0.05, 0) is 43.2 Å². The lowest BCUT2D eigenvalue weighted by atomic mass is 10.1. The monoisotopic (exact) mass is 525 g/mol. The number of aliphatic hydroxyl groups is 1. The van der Waals surface area contributed by atoms with Crippen LogP contribution in [0.15, 0.2) is 55.0 Å². The van der Waals surface area contributed by atoms with Crippen molar-refractivity contribution in [3.8, 4) is 11.3 Å². The van der Waals surface area contributed by atoms with Crippen molar-refractivity contribution in [1.82, 2.24) is 30.0 Å². The molecule has 10 nitrogen and oxygen atoms in total. The van der Waals surface area contributed by atoms with Crippen LogP contribution in [-0.4, -0.2) is 49.4 Å². The maximum Gasteiger partial charge on any atom is 0.421 e. The number of aryl methyl sites for hydroxylation is 1. The molecule has 0 saturated carbocycles. The van der Waals surface area contributed by atoms with Gasteiger partial charge in [-0.3, -0.25) is 9.48 Å². The molecule has 3 aromatic heterocycles. The van der Waals surface area contributed by atoms with Crippen molar-refractivity contribution in [1.29, 1.82) is 0 Å². The second-order valence-electron chi connectivity index (χ2n) is 8.14. The number of amides is 1. The molecule has 13 heteroatoms. The normalized spacial score (nSPS) is 11.3. The van der Waals surface area contributed by atoms with Gasteiger partial charge >= 0.3 is 6.18 Å². The highest BCUT2D eigenvalue weighted by Gasteiger charge is 2.35. The predicted octanol–water partition coefficient (Wildman–Crippen LogP) is 4.17. The number of nitrogens with one attached hydrogen (secondary N) is 3. The third-order valence-electron chi connectivity index (χ3n) is 5.37. The van der Waals surface area contributed by atoms with Gasteiger partial charge in [0.1, 0.15) is 11.4 Å². The van der Waals surface area contributed by atoms with Crippen LogP contribution in [0, 0.1) is 6.92 Å². The highest BCUT2D eigenvalue weighted by atomic mass is 19.4. The summed E-state index contributed by atoms with van der Waals surface area (Å²) in [7, 11) is 1.39. The number of carbonyl (C=O) groups excluding carboxylic acids is 1. The fourth-order valence-electron chi connectivity index (χ4n) is 3.45. The highest BCUT2D eigenvalue weighted by molar-refractivity contribution is 5.98. The summed E-state index contributed by atoms with van der Waals surface area (Å²) in [5, 5.41) is 21.1. The smallest absolute Gasteiger partial charge is 0.396 e. The van der Waals surface area contributed by atoms with Crippen molar-refractivity contribution < 1.29 is 23.1 Å². The molecule has 1 radical (unpaired) electrons. The van der Waals surface area contributed by atoms with Gasteiger partial charge in [0.15, 0.2) is 5.69 Å². The zero-order valence-corrected chi connectivity index (χ0v) is 20.3. The number of carbonyl (C=O) groups is 1. The number of aliphatic hydroxyl groups excluding tert-OH is 1. The molecular weight excluding hydrogens is 501 g/mol. The van der Waals surface area contributed by atoms with E-state index in [2.05, 4.69) is 42.9 Å². The van der Waals surface area contributed by atoms with E-state index in [1.807, 2.05) is 0 Å². The number of anilines is 4. The van der Waals surface area contributed by atoms with Crippen LogP contribution in [-0.2, 0) is 12.7 Å². The molecule has 1 aromatic carbocycles. The van der Waals surface area contributed by atoms with Crippen LogP contribution < -0.4 is 16.0 Å². The zero-order chi connectivity index (χ0) is 27.3. The number of aromatic nitrogens is 5. The van der Waals surface area contributed by atoms with E-state index in [4.69, 9.17) is 5.11 Å². The van der Waals surface area contributed by atoms with Crippen molar-refractivity contribution in [2.75, 3.05) is 24.3 Å². The Morgan fingerprint density at radius 3 is 2.53 bits per heavy atom. The number of nitrogens with zero attached hydrogens (tertiary/aromatic N) is 5. The Balaban J connectivity index is 1.69. The quantitative estimate of drug-likeness (QED) is 0.256. The highest BCUT2D eigenvalue weighted by Crippen LogP contribution is 2.36. The Hall–Kier alpha value is -4.52. The molecule has 0 aliphatic carbocycles. The van der Waals surface area contributed by atoms with Gasteiger partial charge < -0.3 is 21.1 Å². The van der Waals surface area contributed by atoms with Gasteiger partial charge in [-0.1, -0.05) is 12.1 Å². The third-order valence-corrected chi connectivity index (χ3v) is 5.37. The topological polar surface area (TPSA) is 130 Å². The van der Waals surface area contributed by atoms with Gasteiger partial charge in [0, 0.05) is 43.8 Å². The SMILES string of the molecule is [CH2]c1ccc(Nc2ncc(C(F)(F)F)c(Nc3ccc(-c4cnn(CCCO)c4)nc3C(=O)NC)n2)cc1. The van der Waals surface area contributed by atoms with E-state index in [9.17, 15) is 18.0 Å². The van der Waals surface area contributed by atoms with E-state index in [1.54, 1.807) is 47.4 Å². The second kappa shape index (κ2) is 11.3. The number of hydrogen-bond acceptors (Lipinski definition) is 8. The van der Waals surface area contributed by atoms with E-state index >= 15 is 0 Å². The Kier molecular flexibility index (Phi) is 7.86. The number of benzene rings is 1. The summed E-state index contributed by atoms with van der Waals surface area (Å²) in [6.45, 7) is 4.29. The van der Waals surface area contributed by atoms with Gasteiger partial charge in [0.2, 0.25) is 5.95 Å². The number of alkyl halides is 3. The summed E-state index contributed by atoms with van der Waals surface area (Å²) in [5.74, 6) is -1.25. The van der Waals surface area contributed by atoms with E-state index in [0.717, 1.165) is 5.56 Å². The summed E-state index contributed by atoms with van der Waals surface area (Å²) in [6, 6.07) is 9.83. The van der Waals surface area contributed by atoms with Crippen molar-refractivity contribution in [2.45, 2.75) is 19.1 Å². The van der Waals surface area contributed by atoms with E-state index in [-0.39, 0.29) is 23.9 Å². The minimum Gasteiger partial charge on any atom is -0.396 e. The van der Waals surface area contributed by atoms with Gasteiger partial charge in [0.25, 0.3) is 5.91 Å². The number of hydrogen-bond donors (Lipinski definition) is 4. The Labute approximate surface area is 216 Å². The Bertz CT molecular complexity index is 1420. The lowest BCUT2D eigenvalue weighted by Crippen LogP contribution is -2.21. The average molecular weight is 526 g/mol. The molecule has 0 unspecified atom stereocenters. The van der Waals surface area contributed by atoms with Crippen LogP contribution in [0.1, 0.15) is 28.0 Å². The molecule has 0 aliphatic rings. The van der Waals surface area contributed by atoms with Crippen LogP contribution in [0.4, 0.5) is 36.3 Å². The Morgan fingerprint density at radius 2 is 1.84 bits per heavy atom. The zero-order valence-electron chi connectivity index (χ0n) is 20.3. The molecule has 0 atom stereocenters. The molecule has 0 spiro atoms. The molecule has 1 amide bonds. The second-order valence-corrected chi connectivity index (χ2v) is 8.14. The van der Waals surface area contributed by atoms with Crippen molar-refractivity contribution in [2.24, 2.45) is 0 Å². The van der Waals surface area contributed by atoms with Crippen LogP contribution >= 0.6 is 0 Å². The molecule has 3 heterocycles. The maximum atomic E-state index is 13.8. The first-order valence-corrected chi connectivity index (χ1v) is 11.4. The summed E-state index contributed by atoms with van der Waals surface area (Å²) < 4.78 is 43.0. The Morgan fingerprint density at radius 1 is 1.08 bits per heavy atom. The molecule has 0 bridgehead atoms. The van der Waals surface area contributed by atoms with Crippen molar-refractivity contribution in [3.05, 3.63) is 78.7 Å². The molecule has 0 saturated heterocycles. The van der Waals surface area contributed by atoms with Gasteiger partial charge in [-0.2, -0.15) is 23.3 Å². The predicted molar refractivity (Wildman–Crippen MR) is 135 cm³/mol. The summed E-state index contributed by atoms with van der Waals surface area (Å²) in [6.07, 6.45) is -0.343. The summed E-state index contributed by atoms with van der Waals surface area (Å²) >= 11 is 0. The first-order chi connectivity index (χ1) is 18.2. The van der Waals surface area contributed by atoms with Crippen LogP contribution in [0.3, 0.4) is 0 Å². The van der Waals surface area contributed by atoms with Gasteiger partial charge in [0.05, 0.1) is 17.6 Å².